The third-order valence-corrected chi connectivity index (χ3v) is 4.17. The van der Waals surface area contributed by atoms with E-state index >= 15 is 0 Å². The second-order valence-corrected chi connectivity index (χ2v) is 5.78. The third kappa shape index (κ3) is 3.66. The number of aromatic nitrogens is 3. The highest BCUT2D eigenvalue weighted by atomic mass is 32.1. The van der Waals surface area contributed by atoms with Crippen LogP contribution in [-0.2, 0) is 6.42 Å². The molecule has 0 radical (unpaired) electrons. The summed E-state index contributed by atoms with van der Waals surface area (Å²) >= 11 is 1.75. The summed E-state index contributed by atoms with van der Waals surface area (Å²) in [5.41, 5.74) is 0.944. The van der Waals surface area contributed by atoms with E-state index in [0.29, 0.717) is 5.95 Å². The van der Waals surface area contributed by atoms with Gasteiger partial charge in [-0.15, -0.1) is 11.3 Å². The fourth-order valence-corrected chi connectivity index (χ4v) is 2.71. The Morgan fingerprint density at radius 2 is 2.10 bits per heavy atom. The van der Waals surface area contributed by atoms with Crippen molar-refractivity contribution in [3.05, 3.63) is 27.8 Å². The monoisotopic (exact) mass is 291 g/mol. The molecule has 2 N–H and O–H groups in total. The van der Waals surface area contributed by atoms with Gasteiger partial charge in [-0.05, 0) is 27.2 Å². The molecule has 5 nitrogen and oxygen atoms in total. The molecule has 6 heteroatoms. The van der Waals surface area contributed by atoms with Crippen LogP contribution in [0.15, 0.2) is 12.3 Å². The molecule has 1 atom stereocenters. The topological polar surface area (TPSA) is 62.7 Å². The highest BCUT2D eigenvalue weighted by molar-refractivity contribution is 7.11. The molecule has 2 rings (SSSR count). The van der Waals surface area contributed by atoms with E-state index in [4.69, 9.17) is 0 Å². The molecular weight excluding hydrogens is 270 g/mol. The van der Waals surface area contributed by atoms with Gasteiger partial charge in [0.2, 0.25) is 5.95 Å². The van der Waals surface area contributed by atoms with Crippen LogP contribution in [0.3, 0.4) is 0 Å². The number of thiazole rings is 1. The minimum Gasteiger partial charge on any atom is -0.361 e. The van der Waals surface area contributed by atoms with Crippen molar-refractivity contribution in [3.8, 4) is 0 Å². The zero-order valence-corrected chi connectivity index (χ0v) is 13.2. The van der Waals surface area contributed by atoms with Crippen LogP contribution in [0.25, 0.3) is 0 Å². The van der Waals surface area contributed by atoms with Crippen LogP contribution >= 0.6 is 11.3 Å². The standard InChI is InChI=1S/C14H21N5S/c1-5-11-8-16-13(20-11)10(4)18-12-7-9(3)17-14(19-12)15-6-2/h7-8,10H,5-6H2,1-4H3,(H2,15,17,18,19). The number of rotatable bonds is 6. The maximum Gasteiger partial charge on any atom is 0.224 e. The molecule has 2 aromatic heterocycles. The van der Waals surface area contributed by atoms with Crippen molar-refractivity contribution in [2.24, 2.45) is 0 Å². The average Bonchev–Trinajstić information content (AvgIpc) is 2.87. The zero-order valence-electron chi connectivity index (χ0n) is 12.4. The van der Waals surface area contributed by atoms with Gasteiger partial charge in [0.15, 0.2) is 0 Å². The Hall–Kier alpha value is -1.69. The highest BCUT2D eigenvalue weighted by Crippen LogP contribution is 2.23. The normalized spacial score (nSPS) is 12.2. The number of hydrogen-bond donors (Lipinski definition) is 2. The van der Waals surface area contributed by atoms with E-state index in [1.807, 2.05) is 26.1 Å². The van der Waals surface area contributed by atoms with Crippen LogP contribution in [0, 0.1) is 6.92 Å². The molecule has 0 spiro atoms. The van der Waals surface area contributed by atoms with Crippen LogP contribution in [0.4, 0.5) is 11.8 Å². The minimum atomic E-state index is 0.143. The van der Waals surface area contributed by atoms with Gasteiger partial charge >= 0.3 is 0 Å². The van der Waals surface area contributed by atoms with E-state index in [1.54, 1.807) is 11.3 Å². The summed E-state index contributed by atoms with van der Waals surface area (Å²) in [5, 5.41) is 7.62. The quantitative estimate of drug-likeness (QED) is 0.854. The van der Waals surface area contributed by atoms with Crippen molar-refractivity contribution in [2.45, 2.75) is 40.2 Å². The Balaban J connectivity index is 2.12. The van der Waals surface area contributed by atoms with Crippen molar-refractivity contribution in [1.82, 2.24) is 15.0 Å². The van der Waals surface area contributed by atoms with Gasteiger partial charge in [0.1, 0.15) is 10.8 Å². The summed E-state index contributed by atoms with van der Waals surface area (Å²) < 4.78 is 0. The lowest BCUT2D eigenvalue weighted by Gasteiger charge is -2.13. The third-order valence-electron chi connectivity index (χ3n) is 2.84. The fraction of sp³-hybridized carbons (Fsp3) is 0.500. The van der Waals surface area contributed by atoms with E-state index in [-0.39, 0.29) is 6.04 Å². The summed E-state index contributed by atoms with van der Waals surface area (Å²) in [7, 11) is 0. The largest absolute Gasteiger partial charge is 0.361 e. The summed E-state index contributed by atoms with van der Waals surface area (Å²) in [6.07, 6.45) is 2.98. The molecule has 0 aliphatic heterocycles. The molecule has 2 aromatic rings. The lowest BCUT2D eigenvalue weighted by Crippen LogP contribution is -2.10. The van der Waals surface area contributed by atoms with Gasteiger partial charge in [0.05, 0.1) is 6.04 Å². The Kier molecular flexibility index (Phi) is 4.89. The molecule has 0 amide bonds. The van der Waals surface area contributed by atoms with E-state index in [1.165, 1.54) is 4.88 Å². The number of aryl methyl sites for hydroxylation is 2. The van der Waals surface area contributed by atoms with Gasteiger partial charge < -0.3 is 10.6 Å². The van der Waals surface area contributed by atoms with Gasteiger partial charge in [-0.3, -0.25) is 0 Å². The van der Waals surface area contributed by atoms with E-state index in [2.05, 4.69) is 39.4 Å². The Morgan fingerprint density at radius 3 is 2.75 bits per heavy atom. The molecule has 1 unspecified atom stereocenters. The van der Waals surface area contributed by atoms with Gasteiger partial charge in [-0.1, -0.05) is 6.92 Å². The lowest BCUT2D eigenvalue weighted by molar-refractivity contribution is 0.856. The zero-order chi connectivity index (χ0) is 14.5. The number of nitrogens with one attached hydrogen (secondary N) is 2. The molecule has 108 valence electrons. The molecule has 0 saturated carbocycles. The van der Waals surface area contributed by atoms with Crippen LogP contribution in [0.2, 0.25) is 0 Å². The van der Waals surface area contributed by atoms with Crippen molar-refractivity contribution in [2.75, 3.05) is 17.2 Å². The van der Waals surface area contributed by atoms with Crippen LogP contribution in [0.1, 0.15) is 42.4 Å². The van der Waals surface area contributed by atoms with Crippen molar-refractivity contribution in [3.63, 3.8) is 0 Å². The SMILES string of the molecule is CCNc1nc(C)cc(NC(C)c2ncc(CC)s2)n1. The molecule has 0 saturated heterocycles. The van der Waals surface area contributed by atoms with Crippen LogP contribution < -0.4 is 10.6 Å². The van der Waals surface area contributed by atoms with Crippen molar-refractivity contribution >= 4 is 23.1 Å². The smallest absolute Gasteiger partial charge is 0.224 e. The van der Waals surface area contributed by atoms with Crippen LogP contribution in [-0.4, -0.2) is 21.5 Å². The summed E-state index contributed by atoms with van der Waals surface area (Å²) in [6.45, 7) is 9.06. The molecule has 0 aliphatic carbocycles. The summed E-state index contributed by atoms with van der Waals surface area (Å²) in [6, 6.07) is 2.09. The van der Waals surface area contributed by atoms with E-state index < -0.39 is 0 Å². The molecule has 0 fully saturated rings. The predicted molar refractivity (Wildman–Crippen MR) is 84.5 cm³/mol. The number of hydrogen-bond acceptors (Lipinski definition) is 6. The molecule has 0 aliphatic rings. The van der Waals surface area contributed by atoms with Gasteiger partial charge in [-0.2, -0.15) is 4.98 Å². The van der Waals surface area contributed by atoms with Crippen molar-refractivity contribution < 1.29 is 0 Å². The Morgan fingerprint density at radius 1 is 1.30 bits per heavy atom. The molecular formula is C14H21N5S. The Labute approximate surface area is 123 Å². The molecule has 20 heavy (non-hydrogen) atoms. The van der Waals surface area contributed by atoms with Gasteiger partial charge in [0, 0.05) is 29.4 Å². The lowest BCUT2D eigenvalue weighted by atomic mass is 10.3. The van der Waals surface area contributed by atoms with E-state index in [9.17, 15) is 0 Å². The number of anilines is 2. The fourth-order valence-electron chi connectivity index (χ4n) is 1.85. The summed E-state index contributed by atoms with van der Waals surface area (Å²) in [5.74, 6) is 1.49. The first-order valence-electron chi connectivity index (χ1n) is 6.93. The highest BCUT2D eigenvalue weighted by Gasteiger charge is 2.11. The maximum absolute atomic E-state index is 4.46. The minimum absolute atomic E-state index is 0.143. The first kappa shape index (κ1) is 14.7. The first-order chi connectivity index (χ1) is 9.62. The van der Waals surface area contributed by atoms with Gasteiger partial charge in [0.25, 0.3) is 0 Å². The second-order valence-electron chi connectivity index (χ2n) is 4.63. The molecule has 2 heterocycles. The van der Waals surface area contributed by atoms with E-state index in [0.717, 1.165) is 29.5 Å². The van der Waals surface area contributed by atoms with Gasteiger partial charge in [-0.25, -0.2) is 9.97 Å². The first-order valence-corrected chi connectivity index (χ1v) is 7.74. The predicted octanol–water partition coefficient (Wildman–Crippen LogP) is 3.41. The molecule has 0 bridgehead atoms. The van der Waals surface area contributed by atoms with Crippen LogP contribution in [0.5, 0.6) is 0 Å². The maximum atomic E-state index is 4.46. The average molecular weight is 291 g/mol. The molecule has 0 aromatic carbocycles. The Bertz CT molecular complexity index is 566. The second kappa shape index (κ2) is 6.65. The summed E-state index contributed by atoms with van der Waals surface area (Å²) in [4.78, 5) is 14.6. The number of nitrogens with zero attached hydrogens (tertiary/aromatic N) is 3. The van der Waals surface area contributed by atoms with Crippen molar-refractivity contribution in [1.29, 1.82) is 0 Å².